The van der Waals surface area contributed by atoms with Crippen molar-refractivity contribution in [3.8, 4) is 0 Å². The lowest BCUT2D eigenvalue weighted by Gasteiger charge is -2.42. The van der Waals surface area contributed by atoms with Crippen molar-refractivity contribution >= 4 is 29.3 Å². The van der Waals surface area contributed by atoms with Crippen LogP contribution in [-0.4, -0.2) is 34.1 Å². The van der Waals surface area contributed by atoms with E-state index in [-0.39, 0.29) is 19.3 Å². The number of nitrogen functional groups attached to an aromatic ring is 1. The van der Waals surface area contributed by atoms with Gasteiger partial charge in [0.05, 0.1) is 6.42 Å². The second-order valence-electron chi connectivity index (χ2n) is 5.74. The highest BCUT2D eigenvalue weighted by Crippen LogP contribution is 2.33. The number of nitrogens with zero attached hydrogens (tertiary/aromatic N) is 1. The van der Waals surface area contributed by atoms with E-state index in [9.17, 15) is 19.2 Å². The molecule has 0 bridgehead atoms. The quantitative estimate of drug-likeness (QED) is 0.560. The molecular formula is C15H15N3O4. The molecule has 2 aliphatic rings. The number of imide groups is 2. The van der Waals surface area contributed by atoms with Crippen molar-refractivity contribution in [1.29, 1.82) is 0 Å². The topological polar surface area (TPSA) is 110 Å². The average molecular weight is 301 g/mol. The zero-order valence-corrected chi connectivity index (χ0v) is 12.0. The van der Waals surface area contributed by atoms with Crippen LogP contribution in [0.25, 0.3) is 0 Å². The zero-order chi connectivity index (χ0) is 16.1. The molecule has 0 radical (unpaired) electrons. The molecule has 3 N–H and O–H groups in total. The summed E-state index contributed by atoms with van der Waals surface area (Å²) < 4.78 is 0. The molecule has 4 amide bonds. The number of hydrogen-bond acceptors (Lipinski definition) is 5. The predicted molar refractivity (Wildman–Crippen MR) is 76.5 cm³/mol. The van der Waals surface area contributed by atoms with Crippen LogP contribution in [0.1, 0.15) is 35.7 Å². The van der Waals surface area contributed by atoms with E-state index in [1.807, 2.05) is 0 Å². The van der Waals surface area contributed by atoms with E-state index in [0.29, 0.717) is 16.8 Å². The van der Waals surface area contributed by atoms with E-state index in [1.54, 1.807) is 18.2 Å². The molecule has 22 heavy (non-hydrogen) atoms. The number of nitrogens with one attached hydrogen (secondary N) is 1. The lowest BCUT2D eigenvalue weighted by molar-refractivity contribution is -0.149. The van der Waals surface area contributed by atoms with Crippen molar-refractivity contribution in [1.82, 2.24) is 10.2 Å². The van der Waals surface area contributed by atoms with Crippen LogP contribution in [0.3, 0.4) is 0 Å². The number of fused-ring (bicyclic) bond motifs is 1. The molecule has 0 saturated carbocycles. The Morgan fingerprint density at radius 1 is 1.23 bits per heavy atom. The van der Waals surface area contributed by atoms with Gasteiger partial charge in [-0.2, -0.15) is 0 Å². The van der Waals surface area contributed by atoms with Crippen molar-refractivity contribution in [3.05, 3.63) is 29.3 Å². The number of carbonyl (C=O) groups is 4. The second kappa shape index (κ2) is 4.66. The highest BCUT2D eigenvalue weighted by atomic mass is 16.2. The molecule has 3 rings (SSSR count). The third kappa shape index (κ3) is 1.89. The fourth-order valence-electron chi connectivity index (χ4n) is 2.97. The Morgan fingerprint density at radius 3 is 2.64 bits per heavy atom. The van der Waals surface area contributed by atoms with Gasteiger partial charge in [-0.3, -0.25) is 29.4 Å². The Labute approximate surface area is 126 Å². The van der Waals surface area contributed by atoms with Gasteiger partial charge in [-0.05, 0) is 31.0 Å². The van der Waals surface area contributed by atoms with E-state index in [1.165, 1.54) is 6.92 Å². The standard InChI is InChI=1S/C15H15N3O4/c1-15(6-5-11(19)17-14(15)22)18-12(20)7-9-8(13(18)21)3-2-4-10(9)16/h2-4H,5-7,16H2,1H3,(H,17,19,22). The van der Waals surface area contributed by atoms with E-state index in [0.717, 1.165) is 4.90 Å². The highest BCUT2D eigenvalue weighted by Gasteiger charge is 2.50. The largest absolute Gasteiger partial charge is 0.398 e. The van der Waals surface area contributed by atoms with Crippen LogP contribution in [-0.2, 0) is 20.8 Å². The third-order valence-corrected chi connectivity index (χ3v) is 4.30. The molecular weight excluding hydrogens is 286 g/mol. The minimum absolute atomic E-state index is 0.0371. The van der Waals surface area contributed by atoms with Crippen molar-refractivity contribution in [2.24, 2.45) is 0 Å². The molecule has 1 saturated heterocycles. The van der Waals surface area contributed by atoms with Gasteiger partial charge in [0, 0.05) is 17.7 Å². The maximum Gasteiger partial charge on any atom is 0.261 e. The van der Waals surface area contributed by atoms with Crippen molar-refractivity contribution in [2.75, 3.05) is 5.73 Å². The average Bonchev–Trinajstić information content (AvgIpc) is 2.45. The number of amides is 4. The molecule has 1 unspecified atom stereocenters. The maximum atomic E-state index is 12.7. The lowest BCUT2D eigenvalue weighted by atomic mass is 9.85. The number of rotatable bonds is 1. The molecule has 2 aliphatic heterocycles. The summed E-state index contributed by atoms with van der Waals surface area (Å²) in [6, 6.07) is 4.85. The summed E-state index contributed by atoms with van der Waals surface area (Å²) in [5, 5.41) is 2.19. The van der Waals surface area contributed by atoms with Gasteiger partial charge < -0.3 is 5.73 Å². The number of nitrogens with two attached hydrogens (primary N) is 1. The monoisotopic (exact) mass is 301 g/mol. The summed E-state index contributed by atoms with van der Waals surface area (Å²) in [7, 11) is 0. The van der Waals surface area contributed by atoms with E-state index >= 15 is 0 Å². The fraction of sp³-hybridized carbons (Fsp3) is 0.333. The number of hydrogen-bond donors (Lipinski definition) is 2. The summed E-state index contributed by atoms with van der Waals surface area (Å²) in [6.07, 6.45) is 0.167. The molecule has 1 atom stereocenters. The van der Waals surface area contributed by atoms with Gasteiger partial charge in [0.1, 0.15) is 5.54 Å². The molecule has 114 valence electrons. The summed E-state index contributed by atoms with van der Waals surface area (Å²) >= 11 is 0. The van der Waals surface area contributed by atoms with Crippen LogP contribution in [0.4, 0.5) is 5.69 Å². The normalized spacial score (nSPS) is 25.0. The number of carbonyl (C=O) groups excluding carboxylic acids is 4. The summed E-state index contributed by atoms with van der Waals surface area (Å²) in [4.78, 5) is 49.6. The Bertz CT molecular complexity index is 727. The van der Waals surface area contributed by atoms with Crippen molar-refractivity contribution in [2.45, 2.75) is 31.7 Å². The molecule has 0 aromatic heterocycles. The molecule has 1 fully saturated rings. The zero-order valence-electron chi connectivity index (χ0n) is 12.0. The maximum absolute atomic E-state index is 12.7. The van der Waals surface area contributed by atoms with Crippen LogP contribution in [0, 0.1) is 0 Å². The summed E-state index contributed by atoms with van der Waals surface area (Å²) in [6.45, 7) is 1.50. The molecule has 1 aromatic rings. The minimum Gasteiger partial charge on any atom is -0.398 e. The first-order valence-corrected chi connectivity index (χ1v) is 6.93. The first-order chi connectivity index (χ1) is 10.3. The predicted octanol–water partition coefficient (Wildman–Crippen LogP) is -0.0110. The SMILES string of the molecule is CC1(N2C(=O)Cc3c(N)cccc3C2=O)CCC(=O)NC1=O. The van der Waals surface area contributed by atoms with Gasteiger partial charge in [-0.1, -0.05) is 6.07 Å². The van der Waals surface area contributed by atoms with Crippen LogP contribution in [0.15, 0.2) is 18.2 Å². The molecule has 7 nitrogen and oxygen atoms in total. The minimum atomic E-state index is -1.36. The third-order valence-electron chi connectivity index (χ3n) is 4.30. The van der Waals surface area contributed by atoms with E-state index in [2.05, 4.69) is 5.32 Å². The van der Waals surface area contributed by atoms with Gasteiger partial charge in [0.15, 0.2) is 0 Å². The van der Waals surface area contributed by atoms with E-state index in [4.69, 9.17) is 5.73 Å². The van der Waals surface area contributed by atoms with Crippen LogP contribution in [0.5, 0.6) is 0 Å². The molecule has 7 heteroatoms. The lowest BCUT2D eigenvalue weighted by Crippen LogP contribution is -2.65. The highest BCUT2D eigenvalue weighted by molar-refractivity contribution is 6.15. The summed E-state index contributed by atoms with van der Waals surface area (Å²) in [5.41, 5.74) is 5.66. The molecule has 1 aromatic carbocycles. The van der Waals surface area contributed by atoms with Crippen LogP contribution >= 0.6 is 0 Å². The molecule has 0 spiro atoms. The van der Waals surface area contributed by atoms with Crippen molar-refractivity contribution in [3.63, 3.8) is 0 Å². The van der Waals surface area contributed by atoms with Gasteiger partial charge in [-0.15, -0.1) is 0 Å². The van der Waals surface area contributed by atoms with Crippen LogP contribution < -0.4 is 11.1 Å². The van der Waals surface area contributed by atoms with Crippen LogP contribution in [0.2, 0.25) is 0 Å². The first kappa shape index (κ1) is 14.2. The second-order valence-corrected chi connectivity index (χ2v) is 5.74. The van der Waals surface area contributed by atoms with E-state index < -0.39 is 29.2 Å². The summed E-state index contributed by atoms with van der Waals surface area (Å²) in [5.74, 6) is -2.06. The number of benzene rings is 1. The Hall–Kier alpha value is -2.70. The molecule has 2 heterocycles. The van der Waals surface area contributed by atoms with Gasteiger partial charge in [0.25, 0.3) is 11.8 Å². The smallest absolute Gasteiger partial charge is 0.261 e. The Kier molecular flexibility index (Phi) is 3.01. The van der Waals surface area contributed by atoms with Crippen molar-refractivity contribution < 1.29 is 19.2 Å². The fourth-order valence-corrected chi connectivity index (χ4v) is 2.97. The molecule has 0 aliphatic carbocycles. The van der Waals surface area contributed by atoms with Gasteiger partial charge >= 0.3 is 0 Å². The van der Waals surface area contributed by atoms with Gasteiger partial charge in [-0.25, -0.2) is 0 Å². The first-order valence-electron chi connectivity index (χ1n) is 6.93. The number of piperidine rings is 1. The Balaban J connectivity index is 2.05. The van der Waals surface area contributed by atoms with Gasteiger partial charge in [0.2, 0.25) is 11.8 Å². The Morgan fingerprint density at radius 2 is 1.95 bits per heavy atom. The number of anilines is 1.